The Morgan fingerprint density at radius 3 is 2.44 bits per heavy atom. The number of nitrogens with one attached hydrogen (secondary N) is 1. The lowest BCUT2D eigenvalue weighted by Gasteiger charge is -1.82. The van der Waals surface area contributed by atoms with Gasteiger partial charge in [0.2, 0.25) is 0 Å². The van der Waals surface area contributed by atoms with Gasteiger partial charge in [-0.15, -0.1) is 0 Å². The summed E-state index contributed by atoms with van der Waals surface area (Å²) in [6.07, 6.45) is 0. The van der Waals surface area contributed by atoms with Crippen molar-refractivity contribution in [3.63, 3.8) is 0 Å². The molecule has 0 spiro atoms. The van der Waals surface area contributed by atoms with E-state index in [4.69, 9.17) is 12.2 Å². The summed E-state index contributed by atoms with van der Waals surface area (Å²) in [7, 11) is 0. The summed E-state index contributed by atoms with van der Waals surface area (Å²) in [5.74, 6) is 0. The molecular weight excluding hydrogens is 130 g/mol. The first-order valence-corrected chi connectivity index (χ1v) is 3.32. The maximum atomic E-state index is 4.74. The summed E-state index contributed by atoms with van der Waals surface area (Å²) in [5, 5.41) is 1.65. The zero-order valence-corrected chi connectivity index (χ0v) is 6.38. The Hall–Kier alpha value is -0.630. The fourth-order valence-corrected chi connectivity index (χ4v) is 0.883. The number of aromatic nitrogens is 1. The van der Waals surface area contributed by atoms with E-state index in [1.54, 1.807) is 5.37 Å². The van der Waals surface area contributed by atoms with Gasteiger partial charge in [-0.25, -0.2) is 0 Å². The highest BCUT2D eigenvalue weighted by Gasteiger charge is 1.94. The standard InChI is InChI=1S/C7H9NS/c1-5-3-7(4-9)8-6(5)2/h3-4,8H,1-2H3. The minimum atomic E-state index is 1.03. The fourth-order valence-electron chi connectivity index (χ4n) is 0.756. The smallest absolute Gasteiger partial charge is 0.0494 e. The molecule has 0 aliphatic rings. The van der Waals surface area contributed by atoms with Crippen molar-refractivity contribution in [2.24, 2.45) is 0 Å². The number of rotatable bonds is 1. The molecule has 48 valence electrons. The molecule has 1 aromatic rings. The summed E-state index contributed by atoms with van der Waals surface area (Å²) < 4.78 is 0. The lowest BCUT2D eigenvalue weighted by atomic mass is 10.3. The van der Waals surface area contributed by atoms with E-state index >= 15 is 0 Å². The number of hydrogen-bond donors (Lipinski definition) is 1. The third-order valence-electron chi connectivity index (χ3n) is 1.42. The average molecular weight is 139 g/mol. The van der Waals surface area contributed by atoms with E-state index in [0.717, 1.165) is 5.69 Å². The molecule has 0 unspecified atom stereocenters. The fraction of sp³-hybridized carbons (Fsp3) is 0.286. The molecule has 9 heavy (non-hydrogen) atoms. The molecule has 1 N–H and O–H groups in total. The van der Waals surface area contributed by atoms with Crippen LogP contribution in [0.25, 0.3) is 0 Å². The van der Waals surface area contributed by atoms with Crippen LogP contribution in [0.5, 0.6) is 0 Å². The van der Waals surface area contributed by atoms with Crippen molar-refractivity contribution in [2.45, 2.75) is 13.8 Å². The predicted octanol–water partition coefficient (Wildman–Crippen LogP) is 1.98. The molecule has 1 aromatic heterocycles. The minimum Gasteiger partial charge on any atom is -0.358 e. The van der Waals surface area contributed by atoms with Crippen molar-refractivity contribution in [2.75, 3.05) is 0 Å². The number of H-pyrrole nitrogens is 1. The molecule has 0 saturated carbocycles. The van der Waals surface area contributed by atoms with Gasteiger partial charge in [0.25, 0.3) is 0 Å². The molecule has 0 fully saturated rings. The largest absolute Gasteiger partial charge is 0.358 e. The SMILES string of the molecule is Cc1cc(C=S)[nH]c1C. The van der Waals surface area contributed by atoms with Crippen LogP contribution in [0.3, 0.4) is 0 Å². The molecular formula is C7H9NS. The first kappa shape index (κ1) is 6.49. The predicted molar refractivity (Wildman–Crippen MR) is 43.0 cm³/mol. The summed E-state index contributed by atoms with van der Waals surface area (Å²) in [6, 6.07) is 2.04. The van der Waals surface area contributed by atoms with Crippen LogP contribution in [0.2, 0.25) is 0 Å². The first-order chi connectivity index (χ1) is 4.24. The Bertz CT molecular complexity index is 205. The van der Waals surface area contributed by atoms with Gasteiger partial charge in [-0.05, 0) is 25.5 Å². The lowest BCUT2D eigenvalue weighted by molar-refractivity contribution is 1.22. The molecule has 1 heterocycles. The molecule has 2 heteroatoms. The quantitative estimate of drug-likeness (QED) is 0.588. The second-order valence-electron chi connectivity index (χ2n) is 2.15. The maximum absolute atomic E-state index is 4.74. The highest BCUT2D eigenvalue weighted by molar-refractivity contribution is 7.79. The average Bonchev–Trinajstić information content (AvgIpc) is 2.13. The van der Waals surface area contributed by atoms with Gasteiger partial charge in [-0.1, -0.05) is 12.2 Å². The molecule has 0 amide bonds. The van der Waals surface area contributed by atoms with Gasteiger partial charge in [-0.3, -0.25) is 0 Å². The zero-order chi connectivity index (χ0) is 6.85. The van der Waals surface area contributed by atoms with E-state index in [1.165, 1.54) is 11.3 Å². The zero-order valence-electron chi connectivity index (χ0n) is 5.56. The van der Waals surface area contributed by atoms with E-state index in [9.17, 15) is 0 Å². The van der Waals surface area contributed by atoms with Crippen molar-refractivity contribution >= 4 is 17.6 Å². The van der Waals surface area contributed by atoms with Gasteiger partial charge in [0.05, 0.1) is 0 Å². The van der Waals surface area contributed by atoms with Gasteiger partial charge in [-0.2, -0.15) is 0 Å². The van der Waals surface area contributed by atoms with Crippen LogP contribution in [0.1, 0.15) is 17.0 Å². The molecule has 1 rings (SSSR count). The Kier molecular flexibility index (Phi) is 1.67. The van der Waals surface area contributed by atoms with Gasteiger partial charge >= 0.3 is 0 Å². The third-order valence-corrected chi connectivity index (χ3v) is 1.68. The van der Waals surface area contributed by atoms with E-state index < -0.39 is 0 Å². The van der Waals surface area contributed by atoms with Gasteiger partial charge in [0, 0.05) is 16.8 Å². The van der Waals surface area contributed by atoms with Crippen molar-refractivity contribution in [3.05, 3.63) is 23.0 Å². The van der Waals surface area contributed by atoms with Crippen LogP contribution in [-0.2, 0) is 0 Å². The normalized spacial score (nSPS) is 9.56. The Morgan fingerprint density at radius 2 is 2.22 bits per heavy atom. The van der Waals surface area contributed by atoms with Crippen molar-refractivity contribution in [1.82, 2.24) is 4.98 Å². The summed E-state index contributed by atoms with van der Waals surface area (Å²) >= 11 is 4.74. The Labute approximate surface area is 60.1 Å². The molecule has 0 atom stereocenters. The maximum Gasteiger partial charge on any atom is 0.0494 e. The van der Waals surface area contributed by atoms with Crippen molar-refractivity contribution in [3.8, 4) is 0 Å². The van der Waals surface area contributed by atoms with Crippen LogP contribution >= 0.6 is 12.2 Å². The summed E-state index contributed by atoms with van der Waals surface area (Å²) in [4.78, 5) is 3.13. The third kappa shape index (κ3) is 1.19. The number of thiocarbonyl (C=S) groups is 1. The minimum absolute atomic E-state index is 1.03. The highest BCUT2D eigenvalue weighted by atomic mass is 32.1. The van der Waals surface area contributed by atoms with Crippen LogP contribution in [0, 0.1) is 13.8 Å². The summed E-state index contributed by atoms with van der Waals surface area (Å²) in [6.45, 7) is 4.10. The van der Waals surface area contributed by atoms with Gasteiger partial charge in [0.1, 0.15) is 0 Å². The number of hydrogen-bond acceptors (Lipinski definition) is 1. The van der Waals surface area contributed by atoms with E-state index in [1.807, 2.05) is 13.0 Å². The number of aromatic amines is 1. The monoisotopic (exact) mass is 139 g/mol. The number of aryl methyl sites for hydroxylation is 2. The van der Waals surface area contributed by atoms with Gasteiger partial charge < -0.3 is 4.98 Å². The first-order valence-electron chi connectivity index (χ1n) is 2.85. The Balaban J connectivity index is 3.11. The van der Waals surface area contributed by atoms with E-state index in [2.05, 4.69) is 11.9 Å². The lowest BCUT2D eigenvalue weighted by Crippen LogP contribution is -1.75. The topological polar surface area (TPSA) is 15.8 Å². The second kappa shape index (κ2) is 2.31. The van der Waals surface area contributed by atoms with E-state index in [-0.39, 0.29) is 0 Å². The molecule has 0 aromatic carbocycles. The van der Waals surface area contributed by atoms with Gasteiger partial charge in [0.15, 0.2) is 0 Å². The Morgan fingerprint density at radius 1 is 1.56 bits per heavy atom. The molecule has 0 bridgehead atoms. The van der Waals surface area contributed by atoms with Crippen LogP contribution in [0.15, 0.2) is 6.07 Å². The molecule has 0 aliphatic heterocycles. The highest BCUT2D eigenvalue weighted by Crippen LogP contribution is 2.05. The van der Waals surface area contributed by atoms with Crippen molar-refractivity contribution in [1.29, 1.82) is 0 Å². The van der Waals surface area contributed by atoms with Crippen molar-refractivity contribution < 1.29 is 0 Å². The molecule has 1 nitrogen and oxygen atoms in total. The second-order valence-corrected chi connectivity index (χ2v) is 2.39. The molecule has 0 saturated heterocycles. The van der Waals surface area contributed by atoms with E-state index in [0.29, 0.717) is 0 Å². The van der Waals surface area contributed by atoms with Crippen LogP contribution in [-0.4, -0.2) is 10.4 Å². The molecule has 0 aliphatic carbocycles. The van der Waals surface area contributed by atoms with Crippen LogP contribution in [0.4, 0.5) is 0 Å². The molecule has 0 radical (unpaired) electrons. The van der Waals surface area contributed by atoms with Crippen LogP contribution < -0.4 is 0 Å². The summed E-state index contributed by atoms with van der Waals surface area (Å²) in [5.41, 5.74) is 3.50.